The fourth-order valence-electron chi connectivity index (χ4n) is 2.44. The van der Waals surface area contributed by atoms with Crippen molar-refractivity contribution in [1.82, 2.24) is 45.5 Å². The second-order valence-corrected chi connectivity index (χ2v) is 7.35. The number of rotatable bonds is 7. The highest BCUT2D eigenvalue weighted by molar-refractivity contribution is 7.98. The van der Waals surface area contributed by atoms with E-state index in [2.05, 4.69) is 46.0 Å². The molecule has 4 rings (SSSR count). The van der Waals surface area contributed by atoms with E-state index in [9.17, 15) is 4.79 Å². The molecule has 0 radical (unpaired) electrons. The highest BCUT2D eigenvalue weighted by Gasteiger charge is 2.24. The summed E-state index contributed by atoms with van der Waals surface area (Å²) in [5.74, 6) is -0.223. The number of hydrogen-bond acceptors (Lipinski definition) is 11. The van der Waals surface area contributed by atoms with Crippen LogP contribution in [0.25, 0.3) is 5.82 Å². The van der Waals surface area contributed by atoms with Gasteiger partial charge in [0.1, 0.15) is 6.33 Å². The lowest BCUT2D eigenvalue weighted by atomic mass is 10.2. The van der Waals surface area contributed by atoms with Crippen molar-refractivity contribution in [1.29, 1.82) is 0 Å². The molecule has 0 saturated heterocycles. The number of hydrogen-bond donors (Lipinski definition) is 2. The molecule has 158 valence electrons. The molecule has 0 fully saturated rings. The van der Waals surface area contributed by atoms with Crippen LogP contribution in [-0.2, 0) is 12.8 Å². The van der Waals surface area contributed by atoms with E-state index in [1.807, 2.05) is 0 Å². The van der Waals surface area contributed by atoms with Crippen LogP contribution in [-0.4, -0.2) is 52.2 Å². The number of thioether (sulfide) groups is 1. The fourth-order valence-corrected chi connectivity index (χ4v) is 3.51. The largest absolute Gasteiger partial charge is 0.378 e. The molecule has 1 amide bonds. The molecule has 1 aromatic carbocycles. The molecule has 3 aromatic heterocycles. The van der Waals surface area contributed by atoms with Crippen LogP contribution in [0.5, 0.6) is 0 Å². The number of aromatic nitrogens is 8. The van der Waals surface area contributed by atoms with Gasteiger partial charge in [-0.2, -0.15) is 9.78 Å². The highest BCUT2D eigenvalue weighted by Crippen LogP contribution is 2.24. The van der Waals surface area contributed by atoms with Gasteiger partial charge in [0.05, 0.1) is 11.9 Å². The summed E-state index contributed by atoms with van der Waals surface area (Å²) in [5.41, 5.74) is 9.25. The summed E-state index contributed by atoms with van der Waals surface area (Å²) in [6, 6.07) is 7.08. The number of nitrogens with zero attached hydrogens (tertiary/aromatic N) is 9. The average Bonchev–Trinajstić information content (AvgIpc) is 3.47. The molecule has 3 heterocycles. The Labute approximate surface area is 183 Å². The van der Waals surface area contributed by atoms with E-state index < -0.39 is 5.91 Å². The molecule has 15 heteroatoms. The number of carbonyl (C=O) groups excluding carboxylic acids is 1. The second-order valence-electron chi connectivity index (χ2n) is 6.00. The lowest BCUT2D eigenvalue weighted by Crippen LogP contribution is -2.20. The second kappa shape index (κ2) is 8.93. The zero-order chi connectivity index (χ0) is 21.8. The lowest BCUT2D eigenvalue weighted by molar-refractivity contribution is 0.0949. The Morgan fingerprint density at radius 1 is 1.35 bits per heavy atom. The molecule has 0 saturated carbocycles. The first-order chi connectivity index (χ1) is 15.0. The molecule has 3 N–H and O–H groups in total. The van der Waals surface area contributed by atoms with Crippen LogP contribution >= 0.6 is 23.4 Å². The van der Waals surface area contributed by atoms with Gasteiger partial charge < -0.3 is 10.3 Å². The molecule has 0 unspecified atom stereocenters. The number of nitrogens with one attached hydrogen (secondary N) is 1. The van der Waals surface area contributed by atoms with E-state index in [1.165, 1.54) is 22.7 Å². The van der Waals surface area contributed by atoms with E-state index in [1.54, 1.807) is 42.2 Å². The zero-order valence-corrected chi connectivity index (χ0v) is 17.4. The van der Waals surface area contributed by atoms with Gasteiger partial charge in [-0.25, -0.2) is 10.1 Å². The van der Waals surface area contributed by atoms with Gasteiger partial charge in [0, 0.05) is 23.4 Å². The minimum Gasteiger partial charge on any atom is -0.378 e. The Bertz CT molecular complexity index is 1250. The van der Waals surface area contributed by atoms with Gasteiger partial charge in [0.15, 0.2) is 10.9 Å². The first kappa shape index (κ1) is 20.5. The Kier molecular flexibility index (Phi) is 5.90. The average molecular weight is 460 g/mol. The first-order valence-corrected chi connectivity index (χ1v) is 9.98. The molecule has 0 aliphatic heterocycles. The topological polar surface area (TPSA) is 168 Å². The van der Waals surface area contributed by atoms with Crippen LogP contribution in [0, 0.1) is 0 Å². The summed E-state index contributed by atoms with van der Waals surface area (Å²) in [5, 5.41) is 28.1. The van der Waals surface area contributed by atoms with Crippen LogP contribution in [0.2, 0.25) is 5.02 Å². The first-order valence-electron chi connectivity index (χ1n) is 8.62. The number of carbonyl (C=O) groups is 1. The molecule has 0 aliphatic carbocycles. The van der Waals surface area contributed by atoms with Crippen molar-refractivity contribution in [2.75, 3.05) is 5.73 Å². The van der Waals surface area contributed by atoms with Crippen LogP contribution in [0.15, 0.2) is 45.5 Å². The van der Waals surface area contributed by atoms with E-state index in [0.717, 1.165) is 0 Å². The summed E-state index contributed by atoms with van der Waals surface area (Å²) in [6.45, 7) is 0. The summed E-state index contributed by atoms with van der Waals surface area (Å²) >= 11 is 7.40. The summed E-state index contributed by atoms with van der Waals surface area (Å²) in [6.07, 6.45) is 2.99. The van der Waals surface area contributed by atoms with Crippen molar-refractivity contribution in [3.05, 3.63) is 52.6 Å². The van der Waals surface area contributed by atoms with Gasteiger partial charge in [-0.05, 0) is 16.4 Å². The number of anilines is 1. The smallest absolute Gasteiger partial charge is 0.293 e. The van der Waals surface area contributed by atoms with Crippen molar-refractivity contribution in [3.8, 4) is 5.82 Å². The Balaban J connectivity index is 1.59. The predicted octanol–water partition coefficient (Wildman–Crippen LogP) is 1.07. The molecule has 13 nitrogen and oxygen atoms in total. The molecule has 0 aliphatic rings. The standard InChI is InChI=1S/C16H14ClN11O2S/c1-27-8-20-23-16(27)31-7-11-12(21-26-28(11)14-13(18)24-30-25-14)15(29)22-19-6-9-4-2-3-5-10(9)17/h2-6,8H,7H2,1H3,(H2,18,24)(H,22,29)/b19-6-. The normalized spacial score (nSPS) is 11.3. The third-order valence-electron chi connectivity index (χ3n) is 3.96. The van der Waals surface area contributed by atoms with E-state index in [0.29, 0.717) is 21.4 Å². The summed E-state index contributed by atoms with van der Waals surface area (Å²) < 4.78 is 7.65. The van der Waals surface area contributed by atoms with Crippen molar-refractivity contribution in [2.45, 2.75) is 10.9 Å². The van der Waals surface area contributed by atoms with Gasteiger partial charge in [-0.3, -0.25) is 4.79 Å². The quantitative estimate of drug-likeness (QED) is 0.231. The minimum atomic E-state index is -0.585. The third-order valence-corrected chi connectivity index (χ3v) is 5.35. The molecule has 0 bridgehead atoms. The van der Waals surface area contributed by atoms with Crippen molar-refractivity contribution >= 4 is 41.3 Å². The molecular formula is C16H14ClN11O2S. The van der Waals surface area contributed by atoms with Crippen molar-refractivity contribution in [2.24, 2.45) is 12.1 Å². The van der Waals surface area contributed by atoms with Crippen LogP contribution in [0.1, 0.15) is 21.7 Å². The molecule has 31 heavy (non-hydrogen) atoms. The number of amides is 1. The van der Waals surface area contributed by atoms with Gasteiger partial charge in [0.25, 0.3) is 5.91 Å². The number of aryl methyl sites for hydroxylation is 1. The fraction of sp³-hybridized carbons (Fsp3) is 0.125. The Hall–Kier alpha value is -3.78. The Morgan fingerprint density at radius 2 is 2.19 bits per heavy atom. The van der Waals surface area contributed by atoms with E-state index >= 15 is 0 Å². The van der Waals surface area contributed by atoms with E-state index in [-0.39, 0.29) is 23.1 Å². The number of halogens is 1. The van der Waals surface area contributed by atoms with Gasteiger partial charge in [-0.1, -0.05) is 46.8 Å². The van der Waals surface area contributed by atoms with Crippen LogP contribution in [0.4, 0.5) is 5.82 Å². The Morgan fingerprint density at radius 3 is 2.90 bits per heavy atom. The highest BCUT2D eigenvalue weighted by atomic mass is 35.5. The lowest BCUT2D eigenvalue weighted by Gasteiger charge is -2.05. The predicted molar refractivity (Wildman–Crippen MR) is 111 cm³/mol. The van der Waals surface area contributed by atoms with E-state index in [4.69, 9.17) is 17.3 Å². The number of benzene rings is 1. The maximum absolute atomic E-state index is 12.7. The number of nitrogen functional groups attached to an aromatic ring is 1. The maximum Gasteiger partial charge on any atom is 0.293 e. The van der Waals surface area contributed by atoms with Crippen LogP contribution < -0.4 is 11.2 Å². The van der Waals surface area contributed by atoms with Crippen molar-refractivity contribution in [3.63, 3.8) is 0 Å². The number of nitrogens with two attached hydrogens (primary N) is 1. The molecule has 0 atom stereocenters. The van der Waals surface area contributed by atoms with Gasteiger partial charge in [0.2, 0.25) is 11.6 Å². The monoisotopic (exact) mass is 459 g/mol. The molecular weight excluding hydrogens is 446 g/mol. The summed E-state index contributed by atoms with van der Waals surface area (Å²) in [7, 11) is 1.80. The SMILES string of the molecule is Cn1cnnc1SCc1c(C(=O)N/N=C\c2ccccc2Cl)nnn1-c1nonc1N. The number of hydrazone groups is 1. The summed E-state index contributed by atoms with van der Waals surface area (Å²) in [4.78, 5) is 12.7. The van der Waals surface area contributed by atoms with Crippen LogP contribution in [0.3, 0.4) is 0 Å². The minimum absolute atomic E-state index is 0.00138. The zero-order valence-electron chi connectivity index (χ0n) is 15.9. The molecule has 4 aromatic rings. The third kappa shape index (κ3) is 4.39. The molecule has 0 spiro atoms. The maximum atomic E-state index is 12.7. The van der Waals surface area contributed by atoms with Gasteiger partial charge in [-0.15, -0.1) is 15.3 Å². The van der Waals surface area contributed by atoms with Crippen molar-refractivity contribution < 1.29 is 9.42 Å². The van der Waals surface area contributed by atoms with Gasteiger partial charge >= 0.3 is 0 Å².